The first-order valence-corrected chi connectivity index (χ1v) is 8.14. The van der Waals surface area contributed by atoms with Crippen molar-refractivity contribution in [3.05, 3.63) is 23.8 Å². The molecule has 0 saturated carbocycles. The van der Waals surface area contributed by atoms with Gasteiger partial charge in [-0.3, -0.25) is 9.59 Å². The van der Waals surface area contributed by atoms with Gasteiger partial charge in [0.2, 0.25) is 0 Å². The Morgan fingerprint density at radius 1 is 1.04 bits per heavy atom. The Kier molecular flexibility index (Phi) is 7.38. The zero-order valence-electron chi connectivity index (χ0n) is 15.0. The number of benzene rings is 1. The van der Waals surface area contributed by atoms with E-state index in [2.05, 4.69) is 5.32 Å². The van der Waals surface area contributed by atoms with Crippen molar-refractivity contribution in [2.24, 2.45) is 0 Å². The summed E-state index contributed by atoms with van der Waals surface area (Å²) in [6.45, 7) is 9.67. The summed E-state index contributed by atoms with van der Waals surface area (Å²) in [5, 5.41) is 13.6. The van der Waals surface area contributed by atoms with E-state index in [-0.39, 0.29) is 29.9 Å². The lowest BCUT2D eigenvalue weighted by Gasteiger charge is -2.23. The Labute approximate surface area is 143 Å². The predicted octanol–water partition coefficient (Wildman–Crippen LogP) is 2.74. The zero-order valence-corrected chi connectivity index (χ0v) is 15.0. The summed E-state index contributed by atoms with van der Waals surface area (Å²) in [5.41, 5.74) is 0.358. The van der Waals surface area contributed by atoms with E-state index in [1.54, 1.807) is 26.0 Å². The summed E-state index contributed by atoms with van der Waals surface area (Å²) in [4.78, 5) is 23.0. The maximum absolute atomic E-state index is 11.5. The molecule has 0 radical (unpaired) electrons. The minimum Gasteiger partial charge on any atom is -0.426 e. The van der Waals surface area contributed by atoms with Gasteiger partial charge in [0.05, 0.1) is 6.10 Å². The first kappa shape index (κ1) is 20.1. The van der Waals surface area contributed by atoms with E-state index in [0.29, 0.717) is 12.1 Å². The number of carbonyl (C=O) groups is 2. The highest BCUT2D eigenvalue weighted by Gasteiger charge is 2.17. The van der Waals surface area contributed by atoms with Crippen LogP contribution in [0.1, 0.15) is 59.1 Å². The van der Waals surface area contributed by atoms with E-state index in [1.165, 1.54) is 6.07 Å². The molecule has 0 heterocycles. The van der Waals surface area contributed by atoms with Crippen molar-refractivity contribution in [1.29, 1.82) is 0 Å². The second-order valence-electron chi connectivity index (χ2n) is 6.54. The topological polar surface area (TPSA) is 84.9 Å². The van der Waals surface area contributed by atoms with Gasteiger partial charge >= 0.3 is 11.9 Å². The number of aliphatic hydroxyl groups excluding tert-OH is 1. The highest BCUT2D eigenvalue weighted by atomic mass is 16.5. The Morgan fingerprint density at radius 3 is 1.88 bits per heavy atom. The van der Waals surface area contributed by atoms with Gasteiger partial charge in [0, 0.05) is 31.0 Å². The minimum atomic E-state index is -0.830. The summed E-state index contributed by atoms with van der Waals surface area (Å²) in [7, 11) is 0. The first-order chi connectivity index (χ1) is 11.1. The molecule has 6 nitrogen and oxygen atoms in total. The van der Waals surface area contributed by atoms with Crippen molar-refractivity contribution in [2.45, 2.75) is 59.1 Å². The number of ether oxygens (including phenoxy) is 2. The lowest BCUT2D eigenvalue weighted by molar-refractivity contribution is -0.134. The molecule has 0 fully saturated rings. The summed E-state index contributed by atoms with van der Waals surface area (Å²) >= 11 is 0. The predicted molar refractivity (Wildman–Crippen MR) is 91.0 cm³/mol. The molecule has 0 aliphatic heterocycles. The van der Waals surface area contributed by atoms with Gasteiger partial charge in [-0.1, -0.05) is 13.8 Å². The second-order valence-corrected chi connectivity index (χ2v) is 6.54. The number of hydrogen-bond donors (Lipinski definition) is 2. The summed E-state index contributed by atoms with van der Waals surface area (Å²) in [6.07, 6.45) is -0.381. The molecule has 24 heavy (non-hydrogen) atoms. The van der Waals surface area contributed by atoms with Crippen LogP contribution in [-0.4, -0.2) is 29.1 Å². The summed E-state index contributed by atoms with van der Waals surface area (Å²) < 4.78 is 10.4. The number of rotatable bonds is 7. The molecule has 1 rings (SSSR count). The average molecular weight is 337 g/mol. The molecule has 1 atom stereocenters. The molecular formula is C18H27NO5. The fourth-order valence-electron chi connectivity index (χ4n) is 1.83. The van der Waals surface area contributed by atoms with Crippen LogP contribution in [0.4, 0.5) is 0 Å². The normalized spacial score (nSPS) is 12.6. The van der Waals surface area contributed by atoms with Crippen LogP contribution < -0.4 is 14.8 Å². The van der Waals surface area contributed by atoms with E-state index in [0.717, 1.165) is 0 Å². The first-order valence-electron chi connectivity index (χ1n) is 8.14. The average Bonchev–Trinajstić information content (AvgIpc) is 2.51. The van der Waals surface area contributed by atoms with Crippen LogP contribution >= 0.6 is 0 Å². The van der Waals surface area contributed by atoms with Crippen molar-refractivity contribution in [1.82, 2.24) is 5.32 Å². The standard InChI is InChI=1S/C18H27NO5/c1-6-16(21)23-13-8-12(15(20)11-19-18(3,4)5)9-14(10-13)24-17(22)7-2/h8-10,15,19-20H,6-7,11H2,1-5H3. The zero-order chi connectivity index (χ0) is 18.3. The third-order valence-corrected chi connectivity index (χ3v) is 3.15. The van der Waals surface area contributed by atoms with Crippen LogP contribution in [-0.2, 0) is 9.59 Å². The second kappa shape index (κ2) is 8.80. The molecule has 0 amide bonds. The fourth-order valence-corrected chi connectivity index (χ4v) is 1.83. The number of aliphatic hydroxyl groups is 1. The van der Waals surface area contributed by atoms with E-state index in [4.69, 9.17) is 9.47 Å². The molecule has 2 N–H and O–H groups in total. The number of β-amino-alcohol motifs (C(OH)–C–C–N with tert-alkyl or cyclic N) is 1. The lowest BCUT2D eigenvalue weighted by Crippen LogP contribution is -2.38. The van der Waals surface area contributed by atoms with Gasteiger partial charge in [-0.15, -0.1) is 0 Å². The van der Waals surface area contributed by atoms with Crippen molar-refractivity contribution >= 4 is 11.9 Å². The number of nitrogens with one attached hydrogen (secondary N) is 1. The van der Waals surface area contributed by atoms with Gasteiger partial charge in [0.1, 0.15) is 11.5 Å². The number of carbonyl (C=O) groups excluding carboxylic acids is 2. The van der Waals surface area contributed by atoms with Crippen molar-refractivity contribution < 1.29 is 24.2 Å². The molecule has 0 aliphatic carbocycles. The minimum absolute atomic E-state index is 0.148. The highest BCUT2D eigenvalue weighted by molar-refractivity contribution is 5.73. The molecule has 0 spiro atoms. The molecule has 0 bridgehead atoms. The Hall–Kier alpha value is -1.92. The van der Waals surface area contributed by atoms with Crippen LogP contribution in [0.25, 0.3) is 0 Å². The third-order valence-electron chi connectivity index (χ3n) is 3.15. The highest BCUT2D eigenvalue weighted by Crippen LogP contribution is 2.27. The van der Waals surface area contributed by atoms with Gasteiger partial charge in [-0.05, 0) is 38.5 Å². The smallest absolute Gasteiger partial charge is 0.310 e. The third kappa shape index (κ3) is 7.10. The summed E-state index contributed by atoms with van der Waals surface area (Å²) in [6, 6.07) is 4.62. The molecule has 1 aromatic rings. The molecule has 1 aromatic carbocycles. The van der Waals surface area contributed by atoms with Gasteiger partial charge in [-0.25, -0.2) is 0 Å². The Bertz CT molecular complexity index is 541. The van der Waals surface area contributed by atoms with Crippen molar-refractivity contribution in [2.75, 3.05) is 6.54 Å². The molecule has 1 unspecified atom stereocenters. The van der Waals surface area contributed by atoms with Crippen molar-refractivity contribution in [3.8, 4) is 11.5 Å². The van der Waals surface area contributed by atoms with Gasteiger partial charge < -0.3 is 19.9 Å². The largest absolute Gasteiger partial charge is 0.426 e. The number of hydrogen-bond acceptors (Lipinski definition) is 6. The quantitative estimate of drug-likeness (QED) is 0.588. The maximum Gasteiger partial charge on any atom is 0.310 e. The van der Waals surface area contributed by atoms with Crippen LogP contribution in [0.5, 0.6) is 11.5 Å². The molecule has 0 aliphatic rings. The maximum atomic E-state index is 11.5. The SMILES string of the molecule is CCC(=O)Oc1cc(OC(=O)CC)cc(C(O)CNC(C)(C)C)c1. The van der Waals surface area contributed by atoms with Crippen molar-refractivity contribution in [3.63, 3.8) is 0 Å². The van der Waals surface area contributed by atoms with Crippen LogP contribution in [0.2, 0.25) is 0 Å². The monoisotopic (exact) mass is 337 g/mol. The van der Waals surface area contributed by atoms with E-state index in [9.17, 15) is 14.7 Å². The van der Waals surface area contributed by atoms with Gasteiger partial charge in [0.15, 0.2) is 0 Å². The van der Waals surface area contributed by atoms with Crippen LogP contribution in [0.15, 0.2) is 18.2 Å². The fraction of sp³-hybridized carbons (Fsp3) is 0.556. The number of esters is 2. The van der Waals surface area contributed by atoms with Gasteiger partial charge in [0.25, 0.3) is 0 Å². The molecular weight excluding hydrogens is 310 g/mol. The Balaban J connectivity index is 3.03. The molecule has 0 saturated heterocycles. The van der Waals surface area contributed by atoms with E-state index in [1.807, 2.05) is 20.8 Å². The van der Waals surface area contributed by atoms with E-state index < -0.39 is 18.0 Å². The van der Waals surface area contributed by atoms with Crippen LogP contribution in [0, 0.1) is 0 Å². The summed E-state index contributed by atoms with van der Waals surface area (Å²) in [5.74, 6) is -0.314. The molecule has 134 valence electrons. The van der Waals surface area contributed by atoms with Gasteiger partial charge in [-0.2, -0.15) is 0 Å². The molecule has 0 aromatic heterocycles. The molecule has 6 heteroatoms. The van der Waals surface area contributed by atoms with Crippen LogP contribution in [0.3, 0.4) is 0 Å². The van der Waals surface area contributed by atoms with E-state index >= 15 is 0 Å². The lowest BCUT2D eigenvalue weighted by atomic mass is 10.1. The Morgan fingerprint density at radius 2 is 1.50 bits per heavy atom.